The Labute approximate surface area is 101 Å². The molecule has 0 atom stereocenters. The molecular formula is C13H16N2O2. The van der Waals surface area contributed by atoms with Crippen LogP contribution in [-0.2, 0) is 16.0 Å². The number of hydrogen-bond acceptors (Lipinski definition) is 3. The second kappa shape index (κ2) is 4.28. The molecular weight excluding hydrogens is 216 g/mol. The summed E-state index contributed by atoms with van der Waals surface area (Å²) in [5, 5.41) is 0. The van der Waals surface area contributed by atoms with Gasteiger partial charge in [0.1, 0.15) is 0 Å². The number of rotatable bonds is 2. The molecule has 1 fully saturated rings. The molecule has 1 amide bonds. The zero-order valence-corrected chi connectivity index (χ0v) is 10.1. The summed E-state index contributed by atoms with van der Waals surface area (Å²) in [4.78, 5) is 29.3. The van der Waals surface area contributed by atoms with E-state index in [0.29, 0.717) is 6.42 Å². The molecule has 0 saturated carbocycles. The molecule has 17 heavy (non-hydrogen) atoms. The fraction of sp³-hybridized carbons (Fsp3) is 0.462. The van der Waals surface area contributed by atoms with E-state index in [4.69, 9.17) is 0 Å². The van der Waals surface area contributed by atoms with Crippen LogP contribution >= 0.6 is 0 Å². The molecule has 0 spiro atoms. The minimum atomic E-state index is -0.358. The lowest BCUT2D eigenvalue weighted by Crippen LogP contribution is -2.43. The highest BCUT2D eigenvalue weighted by molar-refractivity contribution is 5.91. The molecule has 4 nitrogen and oxygen atoms in total. The molecule has 90 valence electrons. The average Bonchev–Trinajstić information content (AvgIpc) is 2.53. The highest BCUT2D eigenvalue weighted by Crippen LogP contribution is 2.26. The second-order valence-corrected chi connectivity index (χ2v) is 5.01. The van der Waals surface area contributed by atoms with E-state index in [-0.39, 0.29) is 30.2 Å². The van der Waals surface area contributed by atoms with E-state index in [2.05, 4.69) is 4.98 Å². The van der Waals surface area contributed by atoms with Crippen LogP contribution in [0.4, 0.5) is 0 Å². The molecule has 0 aliphatic carbocycles. The third-order valence-corrected chi connectivity index (χ3v) is 3.05. The number of carbonyl (C=O) groups is 2. The number of pyridine rings is 1. The number of likely N-dealkylation sites (tertiary alicyclic amines) is 1. The van der Waals surface area contributed by atoms with Gasteiger partial charge in [-0.25, -0.2) is 0 Å². The van der Waals surface area contributed by atoms with Gasteiger partial charge in [-0.1, -0.05) is 6.07 Å². The monoisotopic (exact) mass is 232 g/mol. The van der Waals surface area contributed by atoms with Crippen LogP contribution < -0.4 is 0 Å². The van der Waals surface area contributed by atoms with Gasteiger partial charge < -0.3 is 4.90 Å². The van der Waals surface area contributed by atoms with Crippen molar-refractivity contribution in [3.05, 3.63) is 30.1 Å². The lowest BCUT2D eigenvalue weighted by Gasteiger charge is -2.30. The van der Waals surface area contributed by atoms with Gasteiger partial charge in [-0.05, 0) is 26.0 Å². The molecule has 0 radical (unpaired) electrons. The van der Waals surface area contributed by atoms with Crippen LogP contribution in [0.1, 0.15) is 26.0 Å². The Bertz CT molecular complexity index is 440. The molecule has 0 bridgehead atoms. The highest BCUT2D eigenvalue weighted by atomic mass is 16.2. The van der Waals surface area contributed by atoms with Crippen molar-refractivity contribution in [3.63, 3.8) is 0 Å². The van der Waals surface area contributed by atoms with Gasteiger partial charge in [-0.15, -0.1) is 0 Å². The van der Waals surface area contributed by atoms with Crippen molar-refractivity contribution in [1.29, 1.82) is 0 Å². The van der Waals surface area contributed by atoms with E-state index < -0.39 is 0 Å². The lowest BCUT2D eigenvalue weighted by molar-refractivity contribution is -0.134. The van der Waals surface area contributed by atoms with Gasteiger partial charge in [-0.2, -0.15) is 0 Å². The number of carbonyl (C=O) groups excluding carboxylic acids is 2. The van der Waals surface area contributed by atoms with Crippen LogP contribution in [0, 0.1) is 0 Å². The van der Waals surface area contributed by atoms with Gasteiger partial charge in [0.05, 0.1) is 13.0 Å². The average molecular weight is 232 g/mol. The van der Waals surface area contributed by atoms with E-state index in [1.807, 2.05) is 32.0 Å². The Hall–Kier alpha value is -1.71. The minimum Gasteiger partial charge on any atom is -0.329 e. The van der Waals surface area contributed by atoms with Gasteiger partial charge in [0.25, 0.3) is 0 Å². The minimum absolute atomic E-state index is 0.0282. The Morgan fingerprint density at radius 1 is 1.47 bits per heavy atom. The Balaban J connectivity index is 2.09. The van der Waals surface area contributed by atoms with Gasteiger partial charge in [0.15, 0.2) is 5.78 Å². The summed E-state index contributed by atoms with van der Waals surface area (Å²) in [6, 6.07) is 5.50. The van der Waals surface area contributed by atoms with Crippen molar-refractivity contribution in [2.45, 2.75) is 32.2 Å². The molecule has 0 aromatic carbocycles. The smallest absolute Gasteiger partial charge is 0.229 e. The molecule has 1 aromatic rings. The molecule has 1 aromatic heterocycles. The van der Waals surface area contributed by atoms with E-state index in [9.17, 15) is 9.59 Å². The van der Waals surface area contributed by atoms with Gasteiger partial charge >= 0.3 is 0 Å². The number of amides is 1. The fourth-order valence-electron chi connectivity index (χ4n) is 2.20. The van der Waals surface area contributed by atoms with Gasteiger partial charge in [0.2, 0.25) is 5.91 Å². The molecule has 1 saturated heterocycles. The number of hydrogen-bond donors (Lipinski definition) is 0. The van der Waals surface area contributed by atoms with Crippen LogP contribution in [0.5, 0.6) is 0 Å². The first-order valence-electron chi connectivity index (χ1n) is 5.71. The van der Waals surface area contributed by atoms with Crippen LogP contribution in [0.15, 0.2) is 24.4 Å². The normalized spacial score (nSPS) is 18.5. The highest BCUT2D eigenvalue weighted by Gasteiger charge is 2.39. The van der Waals surface area contributed by atoms with Crippen molar-refractivity contribution >= 4 is 11.7 Å². The summed E-state index contributed by atoms with van der Waals surface area (Å²) in [5.41, 5.74) is 0.385. The number of nitrogens with zero attached hydrogens (tertiary/aromatic N) is 2. The van der Waals surface area contributed by atoms with Crippen molar-refractivity contribution in [2.24, 2.45) is 0 Å². The maximum absolute atomic E-state index is 12.1. The van der Waals surface area contributed by atoms with Crippen molar-refractivity contribution < 1.29 is 9.59 Å². The van der Waals surface area contributed by atoms with Crippen molar-refractivity contribution in [3.8, 4) is 0 Å². The molecule has 0 unspecified atom stereocenters. The van der Waals surface area contributed by atoms with E-state index in [1.165, 1.54) is 0 Å². The molecule has 0 N–H and O–H groups in total. The standard InChI is InChI=1S/C13H16N2O2/c1-13(2)8-11(16)9-15(13)12(17)7-10-5-3-4-6-14-10/h3-6H,7-9H2,1-2H3. The molecule has 2 heterocycles. The van der Waals surface area contributed by atoms with Crippen molar-refractivity contribution in [2.75, 3.05) is 6.54 Å². The SMILES string of the molecule is CC1(C)CC(=O)CN1C(=O)Cc1ccccn1. The first-order valence-corrected chi connectivity index (χ1v) is 5.71. The predicted octanol–water partition coefficient (Wildman–Crippen LogP) is 1.20. The topological polar surface area (TPSA) is 50.3 Å². The first kappa shape index (κ1) is 11.8. The second-order valence-electron chi connectivity index (χ2n) is 5.01. The zero-order valence-electron chi connectivity index (χ0n) is 10.1. The van der Waals surface area contributed by atoms with Crippen LogP contribution in [0.2, 0.25) is 0 Å². The summed E-state index contributed by atoms with van der Waals surface area (Å²) in [6.45, 7) is 4.08. The number of Topliss-reactive ketones (excluding diaryl/α,β-unsaturated/α-hetero) is 1. The Kier molecular flexibility index (Phi) is 2.96. The molecule has 2 rings (SSSR count). The Morgan fingerprint density at radius 3 is 2.76 bits per heavy atom. The maximum atomic E-state index is 12.1. The lowest BCUT2D eigenvalue weighted by atomic mass is 10.0. The quantitative estimate of drug-likeness (QED) is 0.770. The predicted molar refractivity (Wildman–Crippen MR) is 63.4 cm³/mol. The maximum Gasteiger partial charge on any atom is 0.229 e. The molecule has 1 aliphatic rings. The van der Waals surface area contributed by atoms with E-state index in [1.54, 1.807) is 11.1 Å². The fourth-order valence-corrected chi connectivity index (χ4v) is 2.20. The van der Waals surface area contributed by atoms with Crippen LogP contribution in [-0.4, -0.2) is 33.7 Å². The number of aromatic nitrogens is 1. The van der Waals surface area contributed by atoms with Gasteiger partial charge in [0, 0.05) is 23.9 Å². The zero-order chi connectivity index (χ0) is 12.5. The van der Waals surface area contributed by atoms with Crippen molar-refractivity contribution in [1.82, 2.24) is 9.88 Å². The molecule has 4 heteroatoms. The summed E-state index contributed by atoms with van der Waals surface area (Å²) in [5.74, 6) is 0.101. The summed E-state index contributed by atoms with van der Waals surface area (Å²) in [7, 11) is 0. The van der Waals surface area contributed by atoms with Gasteiger partial charge in [-0.3, -0.25) is 14.6 Å². The third kappa shape index (κ3) is 2.52. The van der Waals surface area contributed by atoms with Crippen LogP contribution in [0.3, 0.4) is 0 Å². The van der Waals surface area contributed by atoms with E-state index in [0.717, 1.165) is 5.69 Å². The summed E-state index contributed by atoms with van der Waals surface area (Å²) in [6.07, 6.45) is 2.38. The number of ketones is 1. The first-order chi connectivity index (χ1) is 7.99. The third-order valence-electron chi connectivity index (χ3n) is 3.05. The molecule has 1 aliphatic heterocycles. The summed E-state index contributed by atoms with van der Waals surface area (Å²) >= 11 is 0. The Morgan fingerprint density at radius 2 is 2.24 bits per heavy atom. The summed E-state index contributed by atoms with van der Waals surface area (Å²) < 4.78 is 0. The van der Waals surface area contributed by atoms with E-state index >= 15 is 0 Å². The largest absolute Gasteiger partial charge is 0.329 e. The van der Waals surface area contributed by atoms with Crippen LogP contribution in [0.25, 0.3) is 0 Å².